The van der Waals surface area contributed by atoms with E-state index in [1.807, 2.05) is 13.8 Å². The largest absolute Gasteiger partial charge is 0.350 e. The van der Waals surface area contributed by atoms with Crippen molar-refractivity contribution in [3.63, 3.8) is 0 Å². The zero-order valence-electron chi connectivity index (χ0n) is 19.4. The Morgan fingerprint density at radius 3 is 2.59 bits per heavy atom. The van der Waals surface area contributed by atoms with Gasteiger partial charge in [0.2, 0.25) is 5.91 Å². The smallest absolute Gasteiger partial charge is 0.223 e. The van der Waals surface area contributed by atoms with Gasteiger partial charge in [-0.05, 0) is 42.7 Å². The summed E-state index contributed by atoms with van der Waals surface area (Å²) in [5.41, 5.74) is 2.71. The lowest BCUT2D eigenvalue weighted by molar-refractivity contribution is -0.142. The van der Waals surface area contributed by atoms with Crippen molar-refractivity contribution in [1.29, 1.82) is 0 Å². The Kier molecular flexibility index (Phi) is 6.45. The molecule has 160 valence electrons. The summed E-state index contributed by atoms with van der Waals surface area (Å²) in [5.74, 6) is 0.353. The van der Waals surface area contributed by atoms with Crippen LogP contribution in [0.3, 0.4) is 0 Å². The zero-order valence-corrected chi connectivity index (χ0v) is 19.4. The number of benzene rings is 1. The van der Waals surface area contributed by atoms with E-state index in [1.165, 1.54) is 48.6 Å². The van der Waals surface area contributed by atoms with Crippen LogP contribution >= 0.6 is 0 Å². The number of aromatic nitrogens is 1. The Balaban J connectivity index is 0.00000117. The molecule has 1 aromatic heterocycles. The fraction of sp³-hybridized carbons (Fsp3) is 0.654. The molecule has 1 amide bonds. The van der Waals surface area contributed by atoms with Crippen LogP contribution in [-0.2, 0) is 17.3 Å². The number of carbonyl (C=O) groups excluding carboxylic acids is 1. The maximum absolute atomic E-state index is 13.4. The van der Waals surface area contributed by atoms with Gasteiger partial charge in [0, 0.05) is 48.6 Å². The highest BCUT2D eigenvalue weighted by Gasteiger charge is 2.44. The summed E-state index contributed by atoms with van der Waals surface area (Å²) in [6.45, 7) is 11.8. The van der Waals surface area contributed by atoms with Gasteiger partial charge in [0.25, 0.3) is 0 Å². The highest BCUT2D eigenvalue weighted by Crippen LogP contribution is 2.46. The van der Waals surface area contributed by atoms with Crippen molar-refractivity contribution in [2.45, 2.75) is 91.0 Å². The highest BCUT2D eigenvalue weighted by molar-refractivity contribution is 5.86. The average molecular weight is 397 g/mol. The molecule has 2 aromatic rings. The Morgan fingerprint density at radius 1 is 1.14 bits per heavy atom. The predicted molar refractivity (Wildman–Crippen MR) is 123 cm³/mol. The molecule has 1 saturated heterocycles. The second kappa shape index (κ2) is 8.53. The summed E-state index contributed by atoms with van der Waals surface area (Å²) >= 11 is 0. The number of aryl methyl sites for hydroxylation is 1. The van der Waals surface area contributed by atoms with Gasteiger partial charge in [-0.25, -0.2) is 0 Å². The Bertz CT molecular complexity index is 846. The molecule has 1 aliphatic heterocycles. The first-order valence-electron chi connectivity index (χ1n) is 11.7. The molecule has 1 aliphatic carbocycles. The fourth-order valence-corrected chi connectivity index (χ4v) is 5.77. The monoisotopic (exact) mass is 396 g/mol. The number of fused-ring (bicyclic) bond motifs is 2. The van der Waals surface area contributed by atoms with Gasteiger partial charge in [-0.15, -0.1) is 0 Å². The highest BCUT2D eigenvalue weighted by atomic mass is 16.2. The van der Waals surface area contributed by atoms with Crippen LogP contribution in [0.4, 0.5) is 0 Å². The van der Waals surface area contributed by atoms with E-state index in [1.54, 1.807) is 0 Å². The van der Waals surface area contributed by atoms with E-state index in [0.717, 1.165) is 13.0 Å². The number of likely N-dealkylation sites (tertiary alicyclic amines) is 1. The van der Waals surface area contributed by atoms with E-state index in [9.17, 15) is 4.79 Å². The van der Waals surface area contributed by atoms with Crippen LogP contribution < -0.4 is 0 Å². The Labute approximate surface area is 177 Å². The van der Waals surface area contributed by atoms with E-state index in [4.69, 9.17) is 0 Å². The average Bonchev–Trinajstić information content (AvgIpc) is 3.06. The number of hydrogen-bond donors (Lipinski definition) is 0. The molecule has 3 nitrogen and oxygen atoms in total. The standard InChI is InChI=1S/C24H34N2O.C2H6/c1-23(2,19-17-25(4)20-11-6-5-10-18(19)20)16-22(27)26-15-9-14-24(3)13-8-7-12-21(24)26;1-2/h5-6,10-11,17,21H,7-9,12-16H2,1-4H3;1-2H3. The van der Waals surface area contributed by atoms with Crippen LogP contribution in [0.1, 0.15) is 85.1 Å². The van der Waals surface area contributed by atoms with Crippen LogP contribution in [0.15, 0.2) is 30.5 Å². The second-order valence-corrected chi connectivity index (χ2v) is 9.84. The molecule has 1 aromatic carbocycles. The summed E-state index contributed by atoms with van der Waals surface area (Å²) < 4.78 is 2.19. The minimum Gasteiger partial charge on any atom is -0.350 e. The molecule has 3 heteroatoms. The molecular weight excluding hydrogens is 356 g/mol. The number of hydrogen-bond acceptors (Lipinski definition) is 1. The topological polar surface area (TPSA) is 25.2 Å². The summed E-state index contributed by atoms with van der Waals surface area (Å²) in [5, 5.41) is 1.28. The molecule has 0 N–H and O–H groups in total. The summed E-state index contributed by atoms with van der Waals surface area (Å²) in [4.78, 5) is 15.7. The molecule has 29 heavy (non-hydrogen) atoms. The SMILES string of the molecule is CC.Cn1cc(C(C)(C)CC(=O)N2CCCC3(C)CCCCC23)c2ccccc21. The van der Waals surface area contributed by atoms with Gasteiger partial charge in [0.05, 0.1) is 0 Å². The number of nitrogens with zero attached hydrogens (tertiary/aromatic N) is 2. The van der Waals surface area contributed by atoms with Crippen LogP contribution in [0.5, 0.6) is 0 Å². The van der Waals surface area contributed by atoms with Gasteiger partial charge >= 0.3 is 0 Å². The van der Waals surface area contributed by atoms with Crippen molar-refractivity contribution in [3.05, 3.63) is 36.0 Å². The minimum absolute atomic E-state index is 0.166. The Hall–Kier alpha value is -1.77. The van der Waals surface area contributed by atoms with Gasteiger partial charge in [-0.1, -0.05) is 65.7 Å². The van der Waals surface area contributed by atoms with Crippen LogP contribution in [0.25, 0.3) is 10.9 Å². The zero-order chi connectivity index (χ0) is 21.2. The van der Waals surface area contributed by atoms with Gasteiger partial charge in [-0.2, -0.15) is 0 Å². The summed E-state index contributed by atoms with van der Waals surface area (Å²) in [6, 6.07) is 8.99. The molecule has 2 atom stereocenters. The lowest BCUT2D eigenvalue weighted by atomic mass is 9.66. The fourth-order valence-electron chi connectivity index (χ4n) is 5.77. The van der Waals surface area contributed by atoms with Crippen LogP contribution in [0, 0.1) is 5.41 Å². The van der Waals surface area contributed by atoms with Gasteiger partial charge in [0.1, 0.15) is 0 Å². The van der Waals surface area contributed by atoms with Crippen molar-refractivity contribution in [2.24, 2.45) is 12.5 Å². The number of carbonyl (C=O) groups is 1. The third-order valence-electron chi connectivity index (χ3n) is 7.34. The number of amides is 1. The first kappa shape index (κ1) is 21.9. The lowest BCUT2D eigenvalue weighted by Gasteiger charge is -2.51. The number of piperidine rings is 1. The number of rotatable bonds is 3. The summed E-state index contributed by atoms with van der Waals surface area (Å²) in [6.07, 6.45) is 10.3. The van der Waals surface area contributed by atoms with Crippen molar-refractivity contribution in [3.8, 4) is 0 Å². The number of para-hydroxylation sites is 1. The molecule has 0 bridgehead atoms. The van der Waals surface area contributed by atoms with Crippen LogP contribution in [-0.4, -0.2) is 28.0 Å². The quantitative estimate of drug-likeness (QED) is 0.586. The van der Waals surface area contributed by atoms with Crippen LogP contribution in [0.2, 0.25) is 0 Å². The molecule has 0 radical (unpaired) electrons. The van der Waals surface area contributed by atoms with E-state index in [0.29, 0.717) is 23.8 Å². The molecule has 2 aliphatic rings. The van der Waals surface area contributed by atoms with E-state index in [-0.39, 0.29) is 5.41 Å². The van der Waals surface area contributed by atoms with Gasteiger partial charge in [0.15, 0.2) is 0 Å². The molecule has 1 saturated carbocycles. The molecule has 2 unspecified atom stereocenters. The maximum atomic E-state index is 13.4. The van der Waals surface area contributed by atoms with Crippen molar-refractivity contribution < 1.29 is 4.79 Å². The molecule has 4 rings (SSSR count). The van der Waals surface area contributed by atoms with E-state index >= 15 is 0 Å². The molecular formula is C26H40N2O. The first-order valence-corrected chi connectivity index (χ1v) is 11.7. The first-order chi connectivity index (χ1) is 13.8. The van der Waals surface area contributed by atoms with E-state index in [2.05, 4.69) is 67.7 Å². The molecule has 2 heterocycles. The maximum Gasteiger partial charge on any atom is 0.223 e. The molecule has 0 spiro atoms. The van der Waals surface area contributed by atoms with Crippen molar-refractivity contribution in [2.75, 3.05) is 6.54 Å². The van der Waals surface area contributed by atoms with Crippen molar-refractivity contribution >= 4 is 16.8 Å². The lowest BCUT2D eigenvalue weighted by Crippen LogP contribution is -2.55. The normalized spacial score (nSPS) is 24.6. The predicted octanol–water partition coefficient (Wildman–Crippen LogP) is 6.44. The molecule has 2 fully saturated rings. The van der Waals surface area contributed by atoms with Gasteiger partial charge < -0.3 is 9.47 Å². The Morgan fingerprint density at radius 2 is 1.83 bits per heavy atom. The van der Waals surface area contributed by atoms with E-state index < -0.39 is 0 Å². The van der Waals surface area contributed by atoms with Crippen molar-refractivity contribution in [1.82, 2.24) is 9.47 Å². The third kappa shape index (κ3) is 4.11. The summed E-state index contributed by atoms with van der Waals surface area (Å²) in [7, 11) is 2.10. The minimum atomic E-state index is -0.166. The second-order valence-electron chi connectivity index (χ2n) is 9.84. The van der Waals surface area contributed by atoms with Gasteiger partial charge in [-0.3, -0.25) is 4.79 Å². The third-order valence-corrected chi connectivity index (χ3v) is 7.34.